The van der Waals surface area contributed by atoms with E-state index in [2.05, 4.69) is 10.1 Å². The molecule has 0 aliphatic carbocycles. The predicted octanol–water partition coefficient (Wildman–Crippen LogP) is 4.85. The molecule has 0 bridgehead atoms. The van der Waals surface area contributed by atoms with E-state index in [0.29, 0.717) is 11.6 Å². The Morgan fingerprint density at radius 3 is 2.06 bits per heavy atom. The third-order valence-electron chi connectivity index (χ3n) is 3.83. The van der Waals surface area contributed by atoms with Gasteiger partial charge in [0.2, 0.25) is 0 Å². The van der Waals surface area contributed by atoms with Crippen LogP contribution in [-0.2, 0) is 18.9 Å². The third-order valence-corrected chi connectivity index (χ3v) is 4.65. The summed E-state index contributed by atoms with van der Waals surface area (Å²) in [7, 11) is 0. The molecule has 31 heavy (non-hydrogen) atoms. The molecule has 0 atom stereocenters. The summed E-state index contributed by atoms with van der Waals surface area (Å²) in [6.45, 7) is -2.14. The molecule has 0 saturated carbocycles. The van der Waals surface area contributed by atoms with E-state index >= 15 is 0 Å². The van der Waals surface area contributed by atoms with E-state index in [4.69, 9.17) is 0 Å². The first-order valence-corrected chi connectivity index (χ1v) is 8.47. The molecule has 170 valence electrons. The second-order valence-electron chi connectivity index (χ2n) is 6.00. The van der Waals surface area contributed by atoms with Crippen molar-refractivity contribution in [3.63, 3.8) is 0 Å². The van der Waals surface area contributed by atoms with E-state index in [1.165, 1.54) is 0 Å². The summed E-state index contributed by atoms with van der Waals surface area (Å²) in [5, 5.41) is 3.42. The highest BCUT2D eigenvalue weighted by Gasteiger charge is 2.57. The van der Waals surface area contributed by atoms with Gasteiger partial charge in [0, 0.05) is 17.1 Å². The van der Waals surface area contributed by atoms with Crippen LogP contribution >= 0.6 is 11.3 Å². The number of halogens is 11. The lowest BCUT2D eigenvalue weighted by Crippen LogP contribution is -2.40. The molecular formula is C14H5F11N4OS. The number of alkyl halides is 11. The lowest BCUT2D eigenvalue weighted by atomic mass is 10.1. The summed E-state index contributed by atoms with van der Waals surface area (Å²) in [5.74, 6) is -5.32. The van der Waals surface area contributed by atoms with Crippen LogP contribution < -0.4 is 5.56 Å². The van der Waals surface area contributed by atoms with Crippen molar-refractivity contribution in [3.8, 4) is 11.1 Å². The average molecular weight is 486 g/mol. The summed E-state index contributed by atoms with van der Waals surface area (Å²) in [6, 6.07) is 0. The highest BCUT2D eigenvalue weighted by Crippen LogP contribution is 2.39. The van der Waals surface area contributed by atoms with Gasteiger partial charge in [-0.1, -0.05) is 0 Å². The largest absolute Gasteiger partial charge is 0.455 e. The predicted molar refractivity (Wildman–Crippen MR) is 81.6 cm³/mol. The zero-order chi connectivity index (χ0) is 23.6. The van der Waals surface area contributed by atoms with Crippen molar-refractivity contribution in [3.05, 3.63) is 39.5 Å². The van der Waals surface area contributed by atoms with Gasteiger partial charge in [0.25, 0.3) is 5.56 Å². The Labute approximate surface area is 166 Å². The maximum Gasteiger partial charge on any atom is 0.455 e. The molecule has 17 heteroatoms. The fourth-order valence-corrected chi connectivity index (χ4v) is 3.37. The number of rotatable bonds is 3. The molecule has 0 aliphatic heterocycles. The molecule has 0 spiro atoms. The molecule has 0 unspecified atom stereocenters. The Kier molecular flexibility index (Phi) is 5.10. The van der Waals surface area contributed by atoms with Crippen molar-refractivity contribution in [2.45, 2.75) is 31.0 Å². The standard InChI is InChI=1S/C14H5F11N4OS/c15-11(16,14(23,24)25)4-28-2-5(1-26-28)7-8(13(20,21)22)27-10-29(9(7)30)6(3-31-10)12(17,18)19/h1-3H,4H2. The van der Waals surface area contributed by atoms with E-state index in [1.54, 1.807) is 0 Å². The summed E-state index contributed by atoms with van der Waals surface area (Å²) >= 11 is 0.0918. The van der Waals surface area contributed by atoms with Crippen molar-refractivity contribution in [2.75, 3.05) is 0 Å². The van der Waals surface area contributed by atoms with Gasteiger partial charge in [0.1, 0.15) is 12.2 Å². The fourth-order valence-electron chi connectivity index (χ4n) is 2.49. The molecule has 5 nitrogen and oxygen atoms in total. The molecule has 0 N–H and O–H groups in total. The molecule has 0 amide bonds. The number of hydrogen-bond donors (Lipinski definition) is 0. The molecule has 3 aromatic rings. The van der Waals surface area contributed by atoms with Crippen LogP contribution in [0.15, 0.2) is 22.6 Å². The van der Waals surface area contributed by atoms with Crippen LogP contribution in [0.25, 0.3) is 16.1 Å². The zero-order valence-corrected chi connectivity index (χ0v) is 15.0. The number of hydrogen-bond acceptors (Lipinski definition) is 4. The topological polar surface area (TPSA) is 52.2 Å². The summed E-state index contributed by atoms with van der Waals surface area (Å²) in [6.07, 6.45) is -15.9. The van der Waals surface area contributed by atoms with E-state index in [9.17, 15) is 53.1 Å². The lowest BCUT2D eigenvalue weighted by molar-refractivity contribution is -0.287. The Morgan fingerprint density at radius 1 is 0.935 bits per heavy atom. The van der Waals surface area contributed by atoms with E-state index in [0.717, 1.165) is 0 Å². The Balaban J connectivity index is 2.23. The first-order valence-electron chi connectivity index (χ1n) is 7.59. The average Bonchev–Trinajstić information content (AvgIpc) is 3.18. The van der Waals surface area contributed by atoms with Crippen molar-refractivity contribution < 1.29 is 48.3 Å². The Bertz CT molecular complexity index is 1180. The fraction of sp³-hybridized carbons (Fsp3) is 0.357. The first kappa shape index (κ1) is 23.0. The smallest absolute Gasteiger partial charge is 0.268 e. The van der Waals surface area contributed by atoms with Gasteiger partial charge in [-0.3, -0.25) is 9.48 Å². The van der Waals surface area contributed by atoms with Crippen molar-refractivity contribution >= 4 is 16.3 Å². The number of thiazole rings is 1. The molecule has 0 saturated heterocycles. The second kappa shape index (κ2) is 6.89. The number of fused-ring (bicyclic) bond motifs is 1. The molecule has 0 radical (unpaired) electrons. The lowest BCUT2D eigenvalue weighted by Gasteiger charge is -2.19. The maximum atomic E-state index is 13.4. The zero-order valence-electron chi connectivity index (χ0n) is 14.2. The van der Waals surface area contributed by atoms with Crippen molar-refractivity contribution in [1.82, 2.24) is 19.2 Å². The van der Waals surface area contributed by atoms with E-state index in [1.807, 2.05) is 0 Å². The second-order valence-corrected chi connectivity index (χ2v) is 6.84. The van der Waals surface area contributed by atoms with Crippen LogP contribution in [0.1, 0.15) is 11.4 Å². The van der Waals surface area contributed by atoms with Crippen LogP contribution in [0.3, 0.4) is 0 Å². The third kappa shape index (κ3) is 4.09. The monoisotopic (exact) mass is 486 g/mol. The normalized spacial score (nSPS) is 13.9. The van der Waals surface area contributed by atoms with Gasteiger partial charge in [-0.15, -0.1) is 11.3 Å². The molecule has 0 aromatic carbocycles. The number of aromatic nitrogens is 4. The van der Waals surface area contributed by atoms with Gasteiger partial charge in [0.05, 0.1) is 11.8 Å². The molecule has 3 aromatic heterocycles. The van der Waals surface area contributed by atoms with Gasteiger partial charge in [0.15, 0.2) is 10.7 Å². The van der Waals surface area contributed by atoms with Gasteiger partial charge in [-0.05, 0) is 0 Å². The number of nitrogens with zero attached hydrogens (tertiary/aromatic N) is 4. The van der Waals surface area contributed by atoms with Gasteiger partial charge in [-0.25, -0.2) is 9.38 Å². The first-order chi connectivity index (χ1) is 13.9. The van der Waals surface area contributed by atoms with Crippen LogP contribution in [0, 0.1) is 0 Å². The summed E-state index contributed by atoms with van der Waals surface area (Å²) < 4.78 is 142. The van der Waals surface area contributed by atoms with E-state index in [-0.39, 0.29) is 26.6 Å². The molecule has 0 fully saturated rings. The Hall–Kier alpha value is -2.72. The highest BCUT2D eigenvalue weighted by molar-refractivity contribution is 7.15. The minimum Gasteiger partial charge on any atom is -0.268 e. The van der Waals surface area contributed by atoms with Crippen LogP contribution in [0.5, 0.6) is 0 Å². The van der Waals surface area contributed by atoms with E-state index < -0.39 is 64.0 Å². The van der Waals surface area contributed by atoms with Crippen LogP contribution in [0.2, 0.25) is 0 Å². The molecular weight excluding hydrogens is 481 g/mol. The minimum absolute atomic E-state index is 0.0877. The maximum absolute atomic E-state index is 13.4. The molecule has 3 rings (SSSR count). The van der Waals surface area contributed by atoms with Crippen LogP contribution in [0.4, 0.5) is 48.3 Å². The SMILES string of the molecule is O=c1c(-c2cnn(CC(F)(F)C(F)(F)F)c2)c(C(F)(F)F)nc2scc(C(F)(F)F)n12. The highest BCUT2D eigenvalue weighted by atomic mass is 32.1. The minimum atomic E-state index is -6.01. The summed E-state index contributed by atoms with van der Waals surface area (Å²) in [5.41, 5.74) is -7.88. The quantitative estimate of drug-likeness (QED) is 0.498. The van der Waals surface area contributed by atoms with Crippen molar-refractivity contribution in [2.24, 2.45) is 0 Å². The molecule has 0 aliphatic rings. The van der Waals surface area contributed by atoms with Crippen molar-refractivity contribution in [1.29, 1.82) is 0 Å². The van der Waals surface area contributed by atoms with Gasteiger partial charge < -0.3 is 0 Å². The van der Waals surface area contributed by atoms with Gasteiger partial charge >= 0.3 is 24.5 Å². The van der Waals surface area contributed by atoms with Crippen LogP contribution in [-0.4, -0.2) is 31.3 Å². The summed E-state index contributed by atoms with van der Waals surface area (Å²) in [4.78, 5) is 14.6. The van der Waals surface area contributed by atoms with Gasteiger partial charge in [-0.2, -0.15) is 53.4 Å². The molecule has 3 heterocycles. The Morgan fingerprint density at radius 2 is 1.55 bits per heavy atom.